The fourth-order valence-electron chi connectivity index (χ4n) is 8.16. The number of thiophene rings is 1. The zero-order valence-electron chi connectivity index (χ0n) is 27.5. The molecule has 6 heteroatoms. The number of hydrogen-bond donors (Lipinski definition) is 2. The lowest BCUT2D eigenvalue weighted by atomic mass is 9.87. The number of hydrogen-bond acceptors (Lipinski definition) is 6. The van der Waals surface area contributed by atoms with Crippen LogP contribution in [0, 0.1) is 5.92 Å². The van der Waals surface area contributed by atoms with E-state index in [2.05, 4.69) is 138 Å². The monoisotopic (exact) mass is 677 g/mol. The first-order valence-corrected chi connectivity index (χ1v) is 18.3. The third-order valence-corrected chi connectivity index (χ3v) is 11.8. The first kappa shape index (κ1) is 28.8. The summed E-state index contributed by atoms with van der Waals surface area (Å²) in [5.74, 6) is 1.03. The molecule has 3 atom stereocenters. The summed E-state index contributed by atoms with van der Waals surface area (Å²) in [6, 6.07) is 44.6. The van der Waals surface area contributed by atoms with Gasteiger partial charge in [-0.05, 0) is 47.9 Å². The largest absolute Gasteiger partial charge is 0.456 e. The molecular weight excluding hydrogens is 647 g/mol. The predicted molar refractivity (Wildman–Crippen MR) is 211 cm³/mol. The van der Waals surface area contributed by atoms with Gasteiger partial charge in [0, 0.05) is 58.8 Å². The van der Waals surface area contributed by atoms with Crippen molar-refractivity contribution >= 4 is 86.8 Å². The van der Waals surface area contributed by atoms with Crippen molar-refractivity contribution < 1.29 is 8.83 Å². The Morgan fingerprint density at radius 2 is 1.41 bits per heavy atom. The van der Waals surface area contributed by atoms with Crippen LogP contribution in [0.3, 0.4) is 0 Å². The molecule has 3 aromatic heterocycles. The number of aliphatic imine (C=N–C) groups is 1. The molecule has 2 N–H and O–H groups in total. The molecule has 51 heavy (non-hydrogen) atoms. The Morgan fingerprint density at radius 1 is 0.667 bits per heavy atom. The number of rotatable bonds is 4. The highest BCUT2D eigenvalue weighted by atomic mass is 32.1. The second-order valence-electron chi connectivity index (χ2n) is 13.5. The second kappa shape index (κ2) is 11.3. The van der Waals surface area contributed by atoms with Crippen molar-refractivity contribution in [2.24, 2.45) is 10.9 Å². The van der Waals surface area contributed by atoms with Gasteiger partial charge in [0.2, 0.25) is 0 Å². The van der Waals surface area contributed by atoms with Crippen LogP contribution in [0.5, 0.6) is 0 Å². The van der Waals surface area contributed by atoms with Crippen LogP contribution in [0.15, 0.2) is 159 Å². The van der Waals surface area contributed by atoms with E-state index in [0.29, 0.717) is 0 Å². The molecule has 6 aromatic carbocycles. The second-order valence-corrected chi connectivity index (χ2v) is 14.6. The van der Waals surface area contributed by atoms with Crippen LogP contribution in [0.4, 0.5) is 0 Å². The maximum Gasteiger partial charge on any atom is 0.144 e. The zero-order chi connectivity index (χ0) is 33.5. The fraction of sp³-hybridized carbons (Fsp3) is 0.0889. The summed E-state index contributed by atoms with van der Waals surface area (Å²) < 4.78 is 15.4. The van der Waals surface area contributed by atoms with E-state index in [0.717, 1.165) is 72.6 Å². The van der Waals surface area contributed by atoms with Crippen molar-refractivity contribution in [2.45, 2.75) is 18.8 Å². The molecule has 0 radical (unpaired) electrons. The van der Waals surface area contributed by atoms with Gasteiger partial charge in [-0.15, -0.1) is 11.3 Å². The third-order valence-electron chi connectivity index (χ3n) is 10.5. The molecule has 1 aliphatic carbocycles. The summed E-state index contributed by atoms with van der Waals surface area (Å²) in [7, 11) is 0. The highest BCUT2D eigenvalue weighted by molar-refractivity contribution is 7.26. The first-order chi connectivity index (χ1) is 25.3. The molecular formula is C45H31N3O2S. The lowest BCUT2D eigenvalue weighted by Crippen LogP contribution is -2.54. The van der Waals surface area contributed by atoms with E-state index in [9.17, 15) is 0 Å². The van der Waals surface area contributed by atoms with Gasteiger partial charge >= 0.3 is 0 Å². The van der Waals surface area contributed by atoms with Crippen molar-refractivity contribution in [2.75, 3.05) is 0 Å². The molecule has 0 amide bonds. The van der Waals surface area contributed by atoms with Crippen molar-refractivity contribution in [3.63, 3.8) is 0 Å². The summed E-state index contributed by atoms with van der Waals surface area (Å²) in [5, 5.41) is 14.7. The SMILES string of the molecule is C1=CC(C2NC(c3cccc4oc5ccccc5c34)=NC(c3cc4c5ccccc5oc4c4c3sc3ccccc34)N2)CC(c2ccccc2)=C1. The minimum absolute atomic E-state index is 0.0965. The first-order valence-electron chi connectivity index (χ1n) is 17.5. The number of amidine groups is 1. The Morgan fingerprint density at radius 3 is 2.29 bits per heavy atom. The Bertz CT molecular complexity index is 2930. The van der Waals surface area contributed by atoms with Gasteiger partial charge < -0.3 is 14.2 Å². The van der Waals surface area contributed by atoms with Crippen LogP contribution in [0.25, 0.3) is 69.6 Å². The van der Waals surface area contributed by atoms with E-state index < -0.39 is 0 Å². The number of nitrogens with zero attached hydrogens (tertiary/aromatic N) is 1. The van der Waals surface area contributed by atoms with Crippen molar-refractivity contribution in [1.29, 1.82) is 0 Å². The van der Waals surface area contributed by atoms with Gasteiger partial charge in [0.05, 0.1) is 6.17 Å². The molecule has 0 bridgehead atoms. The maximum atomic E-state index is 6.63. The molecule has 0 spiro atoms. The molecule has 0 fully saturated rings. The Labute approximate surface area is 297 Å². The summed E-state index contributed by atoms with van der Waals surface area (Å²) in [6.07, 6.45) is 7.26. The lowest BCUT2D eigenvalue weighted by Gasteiger charge is -2.37. The number of allylic oxidation sites excluding steroid dienone is 3. The average molecular weight is 678 g/mol. The molecule has 11 rings (SSSR count). The van der Waals surface area contributed by atoms with Crippen molar-refractivity contribution in [3.05, 3.63) is 162 Å². The topological polar surface area (TPSA) is 62.7 Å². The number of para-hydroxylation sites is 2. The van der Waals surface area contributed by atoms with Crippen LogP contribution < -0.4 is 10.6 Å². The Hall–Kier alpha value is -5.95. The van der Waals surface area contributed by atoms with E-state index in [4.69, 9.17) is 13.8 Å². The van der Waals surface area contributed by atoms with Crippen LogP contribution in [-0.2, 0) is 0 Å². The third kappa shape index (κ3) is 4.54. The van der Waals surface area contributed by atoms with Gasteiger partial charge in [0.25, 0.3) is 0 Å². The summed E-state index contributed by atoms with van der Waals surface area (Å²) in [4.78, 5) is 5.56. The number of nitrogens with one attached hydrogen (secondary N) is 2. The summed E-state index contributed by atoms with van der Waals surface area (Å²) in [6.45, 7) is 0. The minimum atomic E-state index is -0.326. The molecule has 0 saturated heterocycles. The van der Waals surface area contributed by atoms with Crippen LogP contribution >= 0.6 is 11.3 Å². The smallest absolute Gasteiger partial charge is 0.144 e. The quantitative estimate of drug-likeness (QED) is 0.195. The zero-order valence-corrected chi connectivity index (χ0v) is 28.3. The molecule has 9 aromatic rings. The Kier molecular flexibility index (Phi) is 6.38. The van der Waals surface area contributed by atoms with Gasteiger partial charge in [-0.25, -0.2) is 4.99 Å². The van der Waals surface area contributed by atoms with Crippen LogP contribution in [-0.4, -0.2) is 12.0 Å². The molecule has 1 aliphatic heterocycles. The molecule has 2 aliphatic rings. The van der Waals surface area contributed by atoms with Crippen LogP contribution in [0.2, 0.25) is 0 Å². The van der Waals surface area contributed by atoms with Crippen molar-refractivity contribution in [3.8, 4) is 0 Å². The standard InChI is InChI=1S/C45H31N3O2S/c1-2-12-26(13-3-1)27-14-10-15-28(24-27)43-46-44(32-19-11-22-37-39(32)30-17-5-8-21-36(30)49-37)48-45(47-43)34-25-33-29-16-4-7-20-35(29)50-41(33)40-31-18-6-9-23-38(31)51-42(34)40/h1-23,25,28,43,45,47H,24H2,(H,46,48). The predicted octanol–water partition coefficient (Wildman–Crippen LogP) is 11.5. The van der Waals surface area contributed by atoms with E-state index in [-0.39, 0.29) is 18.2 Å². The Balaban J connectivity index is 1.13. The number of benzene rings is 6. The van der Waals surface area contributed by atoms with Gasteiger partial charge in [0.1, 0.15) is 34.3 Å². The highest BCUT2D eigenvalue weighted by Gasteiger charge is 2.33. The normalized spacial score (nSPS) is 19.3. The molecule has 5 nitrogen and oxygen atoms in total. The van der Waals surface area contributed by atoms with E-state index in [1.54, 1.807) is 0 Å². The number of fused-ring (bicyclic) bond motifs is 10. The highest BCUT2D eigenvalue weighted by Crippen LogP contribution is 2.46. The average Bonchev–Trinajstić information content (AvgIpc) is 3.89. The van der Waals surface area contributed by atoms with Gasteiger partial charge in [-0.3, -0.25) is 5.32 Å². The van der Waals surface area contributed by atoms with Gasteiger partial charge in [-0.2, -0.15) is 0 Å². The van der Waals surface area contributed by atoms with Gasteiger partial charge in [0.15, 0.2) is 0 Å². The van der Waals surface area contributed by atoms with E-state index >= 15 is 0 Å². The van der Waals surface area contributed by atoms with E-state index in [1.807, 2.05) is 29.5 Å². The van der Waals surface area contributed by atoms with Crippen molar-refractivity contribution in [1.82, 2.24) is 10.6 Å². The molecule has 0 saturated carbocycles. The number of furan rings is 2. The molecule has 3 unspecified atom stereocenters. The lowest BCUT2D eigenvalue weighted by molar-refractivity contribution is 0.331. The molecule has 244 valence electrons. The van der Waals surface area contributed by atoms with Gasteiger partial charge in [-0.1, -0.05) is 115 Å². The summed E-state index contributed by atoms with van der Waals surface area (Å²) in [5.41, 5.74) is 8.33. The molecule has 4 heterocycles. The fourth-order valence-corrected chi connectivity index (χ4v) is 9.40. The van der Waals surface area contributed by atoms with E-state index in [1.165, 1.54) is 25.9 Å². The minimum Gasteiger partial charge on any atom is -0.456 e. The maximum absolute atomic E-state index is 6.63. The van der Waals surface area contributed by atoms with Crippen LogP contribution in [0.1, 0.15) is 29.3 Å². The summed E-state index contributed by atoms with van der Waals surface area (Å²) >= 11 is 1.82.